The minimum absolute atomic E-state index is 0.0313. The van der Waals surface area contributed by atoms with Crippen molar-refractivity contribution in [3.8, 4) is 23.0 Å². The van der Waals surface area contributed by atoms with E-state index in [1.807, 2.05) is 12.1 Å². The third-order valence-corrected chi connectivity index (χ3v) is 4.55. The van der Waals surface area contributed by atoms with Crippen molar-refractivity contribution in [3.05, 3.63) is 47.5 Å². The van der Waals surface area contributed by atoms with Crippen LogP contribution in [-0.2, 0) is 18.9 Å². The van der Waals surface area contributed by atoms with Gasteiger partial charge in [0.25, 0.3) is 0 Å². The average Bonchev–Trinajstić information content (AvgIpc) is 2.79. The molecule has 0 fully saturated rings. The molecule has 0 bridgehead atoms. The number of hydrogen-bond donors (Lipinski definition) is 0. The lowest BCUT2D eigenvalue weighted by Crippen LogP contribution is -2.38. The molecule has 31 heavy (non-hydrogen) atoms. The summed E-state index contributed by atoms with van der Waals surface area (Å²) in [6, 6.07) is 10.4. The zero-order valence-electron chi connectivity index (χ0n) is 17.9. The van der Waals surface area contributed by atoms with E-state index >= 15 is 0 Å². The van der Waals surface area contributed by atoms with Gasteiger partial charge in [0.05, 0.1) is 0 Å². The molecular weight excluding hydrogens is 408 g/mol. The molecule has 0 aliphatic carbocycles. The van der Waals surface area contributed by atoms with E-state index in [2.05, 4.69) is 0 Å². The number of ketones is 1. The van der Waals surface area contributed by atoms with Crippen LogP contribution in [0.4, 0.5) is 0 Å². The summed E-state index contributed by atoms with van der Waals surface area (Å²) in [6.07, 6.45) is -1.54. The van der Waals surface area contributed by atoms with E-state index in [1.54, 1.807) is 31.4 Å². The second-order valence-electron chi connectivity index (χ2n) is 6.58. The number of carbonyl (C=O) groups is 1. The van der Waals surface area contributed by atoms with Crippen LogP contribution < -0.4 is 18.9 Å². The average molecular weight is 434 g/mol. The van der Waals surface area contributed by atoms with Crippen molar-refractivity contribution in [3.63, 3.8) is 0 Å². The molecule has 1 aliphatic heterocycles. The van der Waals surface area contributed by atoms with Gasteiger partial charge in [-0.25, -0.2) is 0 Å². The molecule has 2 aromatic carbocycles. The Labute approximate surface area is 180 Å². The highest BCUT2D eigenvalue weighted by molar-refractivity contribution is 6.06. The molecule has 0 spiro atoms. The standard InChI is InChI=1S/C22H26O9/c1-24-11-28-15-7-5-14(6-8-15)21-22(27-4)20(23)19-17(30-13-26-3)9-16(29-12-25-2)10-18(19)31-21/h5-10,21-22H,11-13H2,1-4H3/t21-,22+/m0/s1. The van der Waals surface area contributed by atoms with Crippen LogP contribution in [0.5, 0.6) is 23.0 Å². The smallest absolute Gasteiger partial charge is 0.203 e. The summed E-state index contributed by atoms with van der Waals surface area (Å²) in [4.78, 5) is 13.3. The number of Topliss-reactive ketones (excluding diaryl/α,β-unsaturated/α-hetero) is 1. The molecule has 2 aromatic rings. The fourth-order valence-electron chi connectivity index (χ4n) is 3.18. The van der Waals surface area contributed by atoms with Gasteiger partial charge in [0.2, 0.25) is 5.78 Å². The highest BCUT2D eigenvalue weighted by Gasteiger charge is 2.41. The quantitative estimate of drug-likeness (QED) is 0.495. The van der Waals surface area contributed by atoms with Gasteiger partial charge < -0.3 is 37.9 Å². The van der Waals surface area contributed by atoms with Crippen LogP contribution >= 0.6 is 0 Å². The first-order valence-electron chi connectivity index (χ1n) is 9.49. The second-order valence-corrected chi connectivity index (χ2v) is 6.58. The molecule has 0 aromatic heterocycles. The van der Waals surface area contributed by atoms with Crippen molar-refractivity contribution in [1.29, 1.82) is 0 Å². The zero-order valence-corrected chi connectivity index (χ0v) is 17.9. The highest BCUT2D eigenvalue weighted by Crippen LogP contribution is 2.43. The van der Waals surface area contributed by atoms with Crippen LogP contribution in [0.15, 0.2) is 36.4 Å². The van der Waals surface area contributed by atoms with Crippen molar-refractivity contribution >= 4 is 5.78 Å². The Morgan fingerprint density at radius 3 is 2.03 bits per heavy atom. The number of fused-ring (bicyclic) bond motifs is 1. The van der Waals surface area contributed by atoms with Crippen molar-refractivity contribution in [2.75, 3.05) is 48.8 Å². The number of rotatable bonds is 11. The van der Waals surface area contributed by atoms with Gasteiger partial charge in [-0.15, -0.1) is 0 Å². The molecule has 168 valence electrons. The predicted molar refractivity (Wildman–Crippen MR) is 109 cm³/mol. The fraction of sp³-hybridized carbons (Fsp3) is 0.409. The minimum atomic E-state index is -0.867. The molecule has 1 heterocycles. The van der Waals surface area contributed by atoms with E-state index < -0.39 is 12.2 Å². The summed E-state index contributed by atoms with van der Waals surface area (Å²) in [7, 11) is 6.02. The third kappa shape index (κ3) is 5.26. The molecule has 9 heteroatoms. The van der Waals surface area contributed by atoms with Gasteiger partial charge in [-0.2, -0.15) is 0 Å². The summed E-state index contributed by atoms with van der Waals surface area (Å²) in [6.45, 7) is 0.126. The number of benzene rings is 2. The van der Waals surface area contributed by atoms with Crippen LogP contribution in [0.3, 0.4) is 0 Å². The monoisotopic (exact) mass is 434 g/mol. The van der Waals surface area contributed by atoms with E-state index in [9.17, 15) is 4.79 Å². The lowest BCUT2D eigenvalue weighted by Gasteiger charge is -2.33. The van der Waals surface area contributed by atoms with E-state index in [0.717, 1.165) is 5.56 Å². The molecule has 0 amide bonds. The van der Waals surface area contributed by atoms with E-state index in [4.69, 9.17) is 37.9 Å². The lowest BCUT2D eigenvalue weighted by atomic mass is 9.92. The SMILES string of the molecule is COCOc1ccc([C@@H]2Oc3cc(OCOC)cc(OCOC)c3C(=O)[C@H]2OC)cc1. The van der Waals surface area contributed by atoms with Gasteiger partial charge in [0.1, 0.15) is 28.6 Å². The van der Waals surface area contributed by atoms with Gasteiger partial charge in [-0.1, -0.05) is 12.1 Å². The van der Waals surface area contributed by atoms with Crippen molar-refractivity contribution < 1.29 is 42.7 Å². The van der Waals surface area contributed by atoms with Gasteiger partial charge in [0, 0.05) is 40.6 Å². The molecule has 9 nitrogen and oxygen atoms in total. The molecule has 0 saturated heterocycles. The van der Waals surface area contributed by atoms with E-state index in [1.165, 1.54) is 21.3 Å². The maximum atomic E-state index is 13.3. The maximum Gasteiger partial charge on any atom is 0.203 e. The van der Waals surface area contributed by atoms with Crippen LogP contribution in [0.2, 0.25) is 0 Å². The lowest BCUT2D eigenvalue weighted by molar-refractivity contribution is -0.00277. The Hall–Kier alpha value is -2.85. The van der Waals surface area contributed by atoms with Crippen molar-refractivity contribution in [2.24, 2.45) is 0 Å². The number of methoxy groups -OCH3 is 4. The second kappa shape index (κ2) is 11.0. The first-order chi connectivity index (χ1) is 15.1. The van der Waals surface area contributed by atoms with Crippen LogP contribution in [0.1, 0.15) is 22.0 Å². The fourth-order valence-corrected chi connectivity index (χ4v) is 3.18. The minimum Gasteiger partial charge on any atom is -0.481 e. The molecule has 2 atom stereocenters. The summed E-state index contributed by atoms with van der Waals surface area (Å²) >= 11 is 0. The molecule has 0 saturated carbocycles. The van der Waals surface area contributed by atoms with Crippen LogP contribution in [0.25, 0.3) is 0 Å². The molecule has 1 aliphatic rings. The Balaban J connectivity index is 1.96. The topological polar surface area (TPSA) is 90.9 Å². The highest BCUT2D eigenvalue weighted by atomic mass is 16.7. The molecule has 0 unspecified atom stereocenters. The Morgan fingerprint density at radius 2 is 1.42 bits per heavy atom. The van der Waals surface area contributed by atoms with Gasteiger partial charge in [-0.05, 0) is 17.7 Å². The Kier molecular flexibility index (Phi) is 8.07. The van der Waals surface area contributed by atoms with Crippen molar-refractivity contribution in [1.82, 2.24) is 0 Å². The maximum absolute atomic E-state index is 13.3. The summed E-state index contributed by atoms with van der Waals surface area (Å²) in [5.74, 6) is 1.39. The number of ether oxygens (including phenoxy) is 8. The van der Waals surface area contributed by atoms with Gasteiger partial charge in [0.15, 0.2) is 32.6 Å². The third-order valence-electron chi connectivity index (χ3n) is 4.55. The Bertz CT molecular complexity index is 866. The predicted octanol–water partition coefficient (Wildman–Crippen LogP) is 2.97. The van der Waals surface area contributed by atoms with Crippen molar-refractivity contribution in [2.45, 2.75) is 12.2 Å². The number of hydrogen-bond acceptors (Lipinski definition) is 9. The van der Waals surface area contributed by atoms with E-state index in [0.29, 0.717) is 17.2 Å². The number of carbonyl (C=O) groups excluding carboxylic acids is 1. The normalized spacial score (nSPS) is 17.6. The first-order valence-corrected chi connectivity index (χ1v) is 9.49. The summed E-state index contributed by atoms with van der Waals surface area (Å²) < 4.78 is 43.1. The Morgan fingerprint density at radius 1 is 0.806 bits per heavy atom. The van der Waals surface area contributed by atoms with Crippen LogP contribution in [0, 0.1) is 0 Å². The zero-order chi connectivity index (χ0) is 22.2. The van der Waals surface area contributed by atoms with Gasteiger partial charge in [-0.3, -0.25) is 4.79 Å². The summed E-state index contributed by atoms with van der Waals surface area (Å²) in [5.41, 5.74) is 1.02. The summed E-state index contributed by atoms with van der Waals surface area (Å²) in [5, 5.41) is 0. The molecule has 0 N–H and O–H groups in total. The first kappa shape index (κ1) is 22.8. The van der Waals surface area contributed by atoms with E-state index in [-0.39, 0.29) is 37.5 Å². The van der Waals surface area contributed by atoms with Crippen LogP contribution in [-0.4, -0.2) is 60.7 Å². The molecular formula is C22H26O9. The molecule has 0 radical (unpaired) electrons. The largest absolute Gasteiger partial charge is 0.481 e. The molecule has 3 rings (SSSR count). The van der Waals surface area contributed by atoms with Gasteiger partial charge >= 0.3 is 0 Å².